The fourth-order valence-corrected chi connectivity index (χ4v) is 1.72. The number of aromatic hydroxyl groups is 1. The molecule has 0 heterocycles. The van der Waals surface area contributed by atoms with Gasteiger partial charge < -0.3 is 20.9 Å². The lowest BCUT2D eigenvalue weighted by atomic mass is 10.2. The minimum Gasteiger partial charge on any atom is -0.505 e. The second-order valence-corrected chi connectivity index (χ2v) is 4.38. The number of hydrogen-bond acceptors (Lipinski definition) is 4. The fourth-order valence-electron chi connectivity index (χ4n) is 1.72. The predicted octanol–water partition coefficient (Wildman–Crippen LogP) is 2.01. The van der Waals surface area contributed by atoms with Crippen LogP contribution in [0.3, 0.4) is 0 Å². The van der Waals surface area contributed by atoms with Crippen molar-refractivity contribution in [3.8, 4) is 11.5 Å². The molecule has 0 unspecified atom stereocenters. The number of primary amides is 1. The minimum absolute atomic E-state index is 0.177. The van der Waals surface area contributed by atoms with Gasteiger partial charge in [0.1, 0.15) is 5.75 Å². The number of rotatable bonds is 6. The second-order valence-electron chi connectivity index (χ2n) is 4.38. The van der Waals surface area contributed by atoms with Gasteiger partial charge in [-0.3, -0.25) is 4.79 Å². The molecule has 5 nitrogen and oxygen atoms in total. The van der Waals surface area contributed by atoms with Crippen LogP contribution in [0, 0.1) is 5.82 Å². The molecular weight excluding hydrogens is 275 g/mol. The van der Waals surface area contributed by atoms with Crippen LogP contribution in [0.2, 0.25) is 0 Å². The lowest BCUT2D eigenvalue weighted by Crippen LogP contribution is -2.19. The Balaban J connectivity index is 1.94. The Labute approximate surface area is 121 Å². The molecule has 21 heavy (non-hydrogen) atoms. The van der Waals surface area contributed by atoms with Gasteiger partial charge in [-0.2, -0.15) is 0 Å². The monoisotopic (exact) mass is 290 g/mol. The van der Waals surface area contributed by atoms with Crippen molar-refractivity contribution in [1.29, 1.82) is 0 Å². The standard InChI is InChI=1S/C15H15FN2O3/c16-13-3-1-2-10(15(13)20)8-18-11-4-6-12(7-5-11)21-9-14(17)19/h1-7,18,20H,8-9H2,(H2,17,19). The molecule has 0 aliphatic heterocycles. The van der Waals surface area contributed by atoms with Crippen LogP contribution in [0.25, 0.3) is 0 Å². The predicted molar refractivity (Wildman–Crippen MR) is 76.5 cm³/mol. The maximum atomic E-state index is 13.2. The maximum Gasteiger partial charge on any atom is 0.255 e. The highest BCUT2D eigenvalue weighted by Crippen LogP contribution is 2.22. The highest BCUT2D eigenvalue weighted by Gasteiger charge is 2.06. The quantitative estimate of drug-likeness (QED) is 0.759. The number of para-hydroxylation sites is 1. The summed E-state index contributed by atoms with van der Waals surface area (Å²) in [6.07, 6.45) is 0. The van der Waals surface area contributed by atoms with Crippen molar-refractivity contribution in [3.05, 3.63) is 53.8 Å². The van der Waals surface area contributed by atoms with Crippen molar-refractivity contribution in [2.45, 2.75) is 6.54 Å². The van der Waals surface area contributed by atoms with Crippen LogP contribution in [0.15, 0.2) is 42.5 Å². The van der Waals surface area contributed by atoms with Gasteiger partial charge in [0.05, 0.1) is 0 Å². The molecule has 1 amide bonds. The van der Waals surface area contributed by atoms with E-state index in [4.69, 9.17) is 10.5 Å². The summed E-state index contributed by atoms with van der Waals surface area (Å²) in [7, 11) is 0. The number of phenols is 1. The number of amides is 1. The zero-order valence-electron chi connectivity index (χ0n) is 11.2. The molecule has 0 atom stereocenters. The highest BCUT2D eigenvalue weighted by molar-refractivity contribution is 5.75. The zero-order valence-corrected chi connectivity index (χ0v) is 11.2. The van der Waals surface area contributed by atoms with E-state index in [1.807, 2.05) is 0 Å². The number of ether oxygens (including phenoxy) is 1. The van der Waals surface area contributed by atoms with E-state index in [2.05, 4.69) is 5.32 Å². The van der Waals surface area contributed by atoms with Crippen LogP contribution >= 0.6 is 0 Å². The summed E-state index contributed by atoms with van der Waals surface area (Å²) < 4.78 is 18.3. The average Bonchev–Trinajstić information content (AvgIpc) is 2.48. The Kier molecular flexibility index (Phi) is 4.61. The molecule has 0 fully saturated rings. The first-order valence-corrected chi connectivity index (χ1v) is 6.27. The Morgan fingerprint density at radius 3 is 2.62 bits per heavy atom. The molecule has 0 saturated heterocycles. The van der Waals surface area contributed by atoms with E-state index in [0.717, 1.165) is 5.69 Å². The number of nitrogens with two attached hydrogens (primary N) is 1. The van der Waals surface area contributed by atoms with Gasteiger partial charge in [0.25, 0.3) is 5.91 Å². The Morgan fingerprint density at radius 1 is 1.24 bits per heavy atom. The first-order chi connectivity index (χ1) is 10.1. The molecule has 4 N–H and O–H groups in total. The summed E-state index contributed by atoms with van der Waals surface area (Å²) in [5.74, 6) is -1.03. The van der Waals surface area contributed by atoms with Crippen LogP contribution < -0.4 is 15.8 Å². The third-order valence-corrected chi connectivity index (χ3v) is 2.79. The van der Waals surface area contributed by atoms with E-state index < -0.39 is 11.7 Å². The molecule has 2 aromatic carbocycles. The van der Waals surface area contributed by atoms with Crippen LogP contribution in [0.4, 0.5) is 10.1 Å². The van der Waals surface area contributed by atoms with Crippen molar-refractivity contribution >= 4 is 11.6 Å². The van der Waals surface area contributed by atoms with Gasteiger partial charge >= 0.3 is 0 Å². The van der Waals surface area contributed by atoms with Gasteiger partial charge in [-0.1, -0.05) is 12.1 Å². The van der Waals surface area contributed by atoms with Crippen molar-refractivity contribution in [2.24, 2.45) is 5.73 Å². The molecule has 2 aromatic rings. The SMILES string of the molecule is NC(=O)COc1ccc(NCc2cccc(F)c2O)cc1. The molecule has 0 spiro atoms. The number of phenolic OH excluding ortho intramolecular Hbond substituents is 1. The summed E-state index contributed by atoms with van der Waals surface area (Å²) in [4.78, 5) is 10.6. The van der Waals surface area contributed by atoms with Gasteiger partial charge in [-0.25, -0.2) is 4.39 Å². The van der Waals surface area contributed by atoms with Gasteiger partial charge in [-0.15, -0.1) is 0 Å². The first-order valence-electron chi connectivity index (χ1n) is 6.27. The minimum atomic E-state index is -0.649. The van der Waals surface area contributed by atoms with Crippen molar-refractivity contribution < 1.29 is 19.0 Å². The van der Waals surface area contributed by atoms with Crippen LogP contribution in [-0.2, 0) is 11.3 Å². The molecule has 0 aromatic heterocycles. The number of carbonyl (C=O) groups excluding carboxylic acids is 1. The summed E-state index contributed by atoms with van der Waals surface area (Å²) in [5, 5.41) is 12.6. The fraction of sp³-hybridized carbons (Fsp3) is 0.133. The summed E-state index contributed by atoms with van der Waals surface area (Å²) >= 11 is 0. The van der Waals surface area contributed by atoms with Gasteiger partial charge in [-0.05, 0) is 30.3 Å². The summed E-state index contributed by atoms with van der Waals surface area (Å²) in [5.41, 5.74) is 6.21. The molecule has 6 heteroatoms. The largest absolute Gasteiger partial charge is 0.505 e. The summed E-state index contributed by atoms with van der Waals surface area (Å²) in [6.45, 7) is 0.106. The molecule has 0 aliphatic carbocycles. The van der Waals surface area contributed by atoms with Crippen molar-refractivity contribution in [3.63, 3.8) is 0 Å². The molecule has 0 saturated carbocycles. The molecule has 0 bridgehead atoms. The average molecular weight is 290 g/mol. The number of hydrogen-bond donors (Lipinski definition) is 3. The van der Waals surface area contributed by atoms with Crippen LogP contribution in [0.5, 0.6) is 11.5 Å². The second kappa shape index (κ2) is 6.60. The number of anilines is 1. The normalized spacial score (nSPS) is 10.1. The molecule has 0 aliphatic rings. The van der Waals surface area contributed by atoms with Gasteiger partial charge in [0.15, 0.2) is 18.2 Å². The van der Waals surface area contributed by atoms with Crippen LogP contribution in [-0.4, -0.2) is 17.6 Å². The van der Waals surface area contributed by atoms with Crippen molar-refractivity contribution in [1.82, 2.24) is 0 Å². The first kappa shape index (κ1) is 14.6. The molecule has 2 rings (SSSR count). The topological polar surface area (TPSA) is 84.6 Å². The van der Waals surface area contributed by atoms with E-state index in [1.54, 1.807) is 30.3 Å². The highest BCUT2D eigenvalue weighted by atomic mass is 19.1. The summed E-state index contributed by atoms with van der Waals surface area (Å²) in [6, 6.07) is 11.2. The lowest BCUT2D eigenvalue weighted by molar-refractivity contribution is -0.119. The maximum absolute atomic E-state index is 13.2. The number of carbonyl (C=O) groups is 1. The van der Waals surface area contributed by atoms with Gasteiger partial charge in [0, 0.05) is 17.8 Å². The van der Waals surface area contributed by atoms with E-state index >= 15 is 0 Å². The third-order valence-electron chi connectivity index (χ3n) is 2.79. The van der Waals surface area contributed by atoms with E-state index in [1.165, 1.54) is 12.1 Å². The van der Waals surface area contributed by atoms with Crippen LogP contribution in [0.1, 0.15) is 5.56 Å². The molecule has 110 valence electrons. The zero-order chi connectivity index (χ0) is 15.2. The van der Waals surface area contributed by atoms with E-state index in [9.17, 15) is 14.3 Å². The number of benzene rings is 2. The molecular formula is C15H15FN2O3. The van der Waals surface area contributed by atoms with Gasteiger partial charge in [0.2, 0.25) is 0 Å². The molecule has 0 radical (unpaired) electrons. The Hall–Kier alpha value is -2.76. The Morgan fingerprint density at radius 2 is 1.95 bits per heavy atom. The Bertz CT molecular complexity index is 629. The number of nitrogens with one attached hydrogen (secondary N) is 1. The number of halogens is 1. The van der Waals surface area contributed by atoms with Crippen molar-refractivity contribution in [2.75, 3.05) is 11.9 Å². The third kappa shape index (κ3) is 4.10. The van der Waals surface area contributed by atoms with E-state index in [0.29, 0.717) is 11.3 Å². The van der Waals surface area contributed by atoms with E-state index in [-0.39, 0.29) is 18.9 Å². The lowest BCUT2D eigenvalue weighted by Gasteiger charge is -2.09. The smallest absolute Gasteiger partial charge is 0.255 e.